The minimum Gasteiger partial charge on any atom is -0.383 e. The quantitative estimate of drug-likeness (QED) is 0.527. The minimum atomic E-state index is -2.81. The highest BCUT2D eigenvalue weighted by atomic mass is 32.3. The van der Waals surface area contributed by atoms with Crippen molar-refractivity contribution in [1.82, 2.24) is 0 Å². The molecule has 0 amide bonds. The fourth-order valence-corrected chi connectivity index (χ4v) is 0.618. The molecule has 52 valence electrons. The van der Waals surface area contributed by atoms with Gasteiger partial charge < -0.3 is 4.74 Å². The van der Waals surface area contributed by atoms with E-state index in [0.29, 0.717) is 6.61 Å². The van der Waals surface area contributed by atoms with Gasteiger partial charge >= 0.3 is 0 Å². The second kappa shape index (κ2) is 3.26. The standard InChI is InChI=1S/C3H11NO3S/c1-7-2-3-8(4,5)6/h5-6H,2-4H2,1H3. The summed E-state index contributed by atoms with van der Waals surface area (Å²) < 4.78 is 21.5. The van der Waals surface area contributed by atoms with Gasteiger partial charge in [-0.25, -0.2) is 5.14 Å². The van der Waals surface area contributed by atoms with Gasteiger partial charge in [-0.15, -0.1) is 10.8 Å². The maximum atomic E-state index is 8.49. The van der Waals surface area contributed by atoms with E-state index >= 15 is 0 Å². The molecule has 0 aliphatic heterocycles. The maximum Gasteiger partial charge on any atom is 0.0759 e. The van der Waals surface area contributed by atoms with Crippen LogP contribution in [-0.4, -0.2) is 28.6 Å². The van der Waals surface area contributed by atoms with Crippen molar-refractivity contribution < 1.29 is 13.8 Å². The Morgan fingerprint density at radius 1 is 1.62 bits per heavy atom. The fraction of sp³-hybridized carbons (Fsp3) is 1.00. The molecule has 4 nitrogen and oxygen atoms in total. The van der Waals surface area contributed by atoms with Crippen LogP contribution in [0.15, 0.2) is 0 Å². The zero-order valence-electron chi connectivity index (χ0n) is 4.70. The molecule has 0 rings (SSSR count). The zero-order valence-corrected chi connectivity index (χ0v) is 5.52. The third kappa shape index (κ3) is 6.19. The summed E-state index contributed by atoms with van der Waals surface area (Å²) in [4.78, 5) is 0. The van der Waals surface area contributed by atoms with E-state index in [1.807, 2.05) is 0 Å². The van der Waals surface area contributed by atoms with Gasteiger partial charge in [-0.3, -0.25) is 9.11 Å². The topological polar surface area (TPSA) is 75.7 Å². The van der Waals surface area contributed by atoms with Gasteiger partial charge in [-0.1, -0.05) is 0 Å². The molecule has 0 spiro atoms. The van der Waals surface area contributed by atoms with Crippen LogP contribution in [0.2, 0.25) is 0 Å². The van der Waals surface area contributed by atoms with E-state index in [4.69, 9.17) is 14.2 Å². The molecule has 0 aromatic carbocycles. The molecule has 0 unspecified atom stereocenters. The maximum absolute atomic E-state index is 8.49. The Balaban J connectivity index is 3.11. The Bertz CT molecular complexity index is 62.0. The van der Waals surface area contributed by atoms with E-state index in [1.165, 1.54) is 7.11 Å². The van der Waals surface area contributed by atoms with Gasteiger partial charge in [0.05, 0.1) is 12.4 Å². The molecule has 0 aromatic rings. The smallest absolute Gasteiger partial charge is 0.0759 e. The number of methoxy groups -OCH3 is 1. The van der Waals surface area contributed by atoms with Gasteiger partial charge in [0.25, 0.3) is 0 Å². The summed E-state index contributed by atoms with van der Waals surface area (Å²) in [7, 11) is -1.33. The van der Waals surface area contributed by atoms with Crippen molar-refractivity contribution in [2.75, 3.05) is 19.5 Å². The summed E-state index contributed by atoms with van der Waals surface area (Å²) in [6, 6.07) is 0. The molecule has 4 N–H and O–H groups in total. The van der Waals surface area contributed by atoms with Crippen molar-refractivity contribution in [2.24, 2.45) is 5.14 Å². The van der Waals surface area contributed by atoms with Gasteiger partial charge in [-0.2, -0.15) is 0 Å². The summed E-state index contributed by atoms with van der Waals surface area (Å²) in [6.07, 6.45) is 0. The lowest BCUT2D eigenvalue weighted by Crippen LogP contribution is -2.15. The monoisotopic (exact) mass is 141 g/mol. The lowest BCUT2D eigenvalue weighted by molar-refractivity contribution is 0.215. The molecule has 5 heteroatoms. The molecular formula is C3H11NO3S. The Morgan fingerprint density at radius 2 is 2.12 bits per heavy atom. The minimum absolute atomic E-state index is 0.115. The molecule has 0 fully saturated rings. The number of rotatable bonds is 3. The molecular weight excluding hydrogens is 130 g/mol. The highest BCUT2D eigenvalue weighted by molar-refractivity contribution is 8.22. The van der Waals surface area contributed by atoms with Crippen molar-refractivity contribution in [3.05, 3.63) is 0 Å². The van der Waals surface area contributed by atoms with Crippen LogP contribution >= 0.6 is 10.8 Å². The Morgan fingerprint density at radius 3 is 2.25 bits per heavy atom. The van der Waals surface area contributed by atoms with Gasteiger partial charge in [0.2, 0.25) is 0 Å². The molecule has 8 heavy (non-hydrogen) atoms. The second-order valence-electron chi connectivity index (χ2n) is 1.41. The average molecular weight is 141 g/mol. The Kier molecular flexibility index (Phi) is 3.34. The van der Waals surface area contributed by atoms with E-state index < -0.39 is 10.8 Å². The molecule has 0 bridgehead atoms. The SMILES string of the molecule is COCCS(N)(O)O. The second-order valence-corrected chi connectivity index (χ2v) is 3.26. The highest BCUT2D eigenvalue weighted by Gasteiger charge is 2.01. The third-order valence-corrected chi connectivity index (χ3v) is 1.36. The van der Waals surface area contributed by atoms with Crippen LogP contribution in [0.3, 0.4) is 0 Å². The number of hydrogen-bond donors (Lipinski definition) is 3. The van der Waals surface area contributed by atoms with E-state index in [1.54, 1.807) is 0 Å². The van der Waals surface area contributed by atoms with Crippen molar-refractivity contribution in [1.29, 1.82) is 0 Å². The van der Waals surface area contributed by atoms with E-state index in [-0.39, 0.29) is 5.75 Å². The first kappa shape index (κ1) is 8.19. The van der Waals surface area contributed by atoms with Crippen LogP contribution in [0, 0.1) is 0 Å². The normalized spacial score (nSPS) is 14.0. The summed E-state index contributed by atoms with van der Waals surface area (Å²) in [5.74, 6) is 0.115. The summed E-state index contributed by atoms with van der Waals surface area (Å²) in [5, 5.41) is 4.84. The van der Waals surface area contributed by atoms with Gasteiger partial charge in [0.1, 0.15) is 0 Å². The molecule has 0 radical (unpaired) electrons. The van der Waals surface area contributed by atoms with Gasteiger partial charge in [0, 0.05) is 7.11 Å². The average Bonchev–Trinajstić information content (AvgIpc) is 1.59. The van der Waals surface area contributed by atoms with Crippen LogP contribution in [0.4, 0.5) is 0 Å². The van der Waals surface area contributed by atoms with Crippen molar-refractivity contribution in [3.63, 3.8) is 0 Å². The zero-order chi connectivity index (χ0) is 6.62. The molecule has 0 heterocycles. The highest BCUT2D eigenvalue weighted by Crippen LogP contribution is 2.26. The lowest BCUT2D eigenvalue weighted by atomic mass is 10.9. The summed E-state index contributed by atoms with van der Waals surface area (Å²) in [5.41, 5.74) is 0. The molecule has 0 saturated carbocycles. The van der Waals surface area contributed by atoms with Crippen LogP contribution in [0.1, 0.15) is 0 Å². The van der Waals surface area contributed by atoms with Crippen LogP contribution in [0.5, 0.6) is 0 Å². The first-order valence-corrected chi connectivity index (χ1v) is 3.87. The fourth-order valence-electron chi connectivity index (χ4n) is 0.206. The van der Waals surface area contributed by atoms with Crippen LogP contribution < -0.4 is 5.14 Å². The summed E-state index contributed by atoms with van der Waals surface area (Å²) >= 11 is 0. The number of nitrogens with two attached hydrogens (primary N) is 1. The lowest BCUT2D eigenvalue weighted by Gasteiger charge is -2.24. The van der Waals surface area contributed by atoms with Gasteiger partial charge in [0.15, 0.2) is 0 Å². The molecule has 0 atom stereocenters. The first-order valence-electron chi connectivity index (χ1n) is 2.09. The summed E-state index contributed by atoms with van der Waals surface area (Å²) in [6.45, 7) is 0.291. The van der Waals surface area contributed by atoms with Crippen molar-refractivity contribution >= 4 is 10.8 Å². The molecule has 0 aromatic heterocycles. The Labute approximate surface area is 50.1 Å². The molecule has 0 aliphatic rings. The van der Waals surface area contributed by atoms with Crippen molar-refractivity contribution in [3.8, 4) is 0 Å². The first-order chi connectivity index (χ1) is 3.56. The third-order valence-electron chi connectivity index (χ3n) is 0.588. The van der Waals surface area contributed by atoms with Crippen LogP contribution in [0.25, 0.3) is 0 Å². The van der Waals surface area contributed by atoms with E-state index in [9.17, 15) is 0 Å². The van der Waals surface area contributed by atoms with Gasteiger partial charge in [-0.05, 0) is 0 Å². The number of hydrogen-bond acceptors (Lipinski definition) is 4. The number of ether oxygens (including phenoxy) is 1. The molecule has 0 aliphatic carbocycles. The van der Waals surface area contributed by atoms with E-state index in [0.717, 1.165) is 0 Å². The van der Waals surface area contributed by atoms with Crippen molar-refractivity contribution in [2.45, 2.75) is 0 Å². The largest absolute Gasteiger partial charge is 0.383 e. The predicted octanol–water partition coefficient (Wildman–Crippen LogP) is 0.257. The van der Waals surface area contributed by atoms with E-state index in [2.05, 4.69) is 4.74 Å². The van der Waals surface area contributed by atoms with Crippen LogP contribution in [-0.2, 0) is 4.74 Å². The predicted molar refractivity (Wildman–Crippen MR) is 33.8 cm³/mol. The molecule has 0 saturated heterocycles. The Hall–Kier alpha value is 0.190.